The average molecular weight is 220 g/mol. The van der Waals surface area contributed by atoms with Gasteiger partial charge in [0.05, 0.1) is 7.11 Å². The number of hydrogen-bond donors (Lipinski definition) is 0. The van der Waals surface area contributed by atoms with Crippen molar-refractivity contribution in [1.82, 2.24) is 4.98 Å². The average Bonchev–Trinajstić information content (AvgIpc) is 2.39. The highest BCUT2D eigenvalue weighted by Crippen LogP contribution is 2.23. The summed E-state index contributed by atoms with van der Waals surface area (Å²) in [7, 11) is 1.65. The topological polar surface area (TPSA) is 42.4 Å². The van der Waals surface area contributed by atoms with Gasteiger partial charge in [-0.3, -0.25) is 0 Å². The van der Waals surface area contributed by atoms with Crippen LogP contribution in [0.5, 0.6) is 5.75 Å². The third-order valence-electron chi connectivity index (χ3n) is 3.01. The molecule has 0 atom stereocenters. The van der Waals surface area contributed by atoms with Crippen molar-refractivity contribution in [3.8, 4) is 5.75 Å². The minimum absolute atomic E-state index is 0.224. The number of carbonyl (C=O) groups excluding carboxylic acids is 1. The van der Waals surface area contributed by atoms with E-state index in [4.69, 9.17) is 4.74 Å². The zero-order valence-electron chi connectivity index (χ0n) is 9.43. The SMILES string of the molecule is COc1ccnc(N2CCC(C=O)CC2)c1. The first-order chi connectivity index (χ1) is 7.83. The molecule has 0 aromatic carbocycles. The first-order valence-corrected chi connectivity index (χ1v) is 5.54. The van der Waals surface area contributed by atoms with Crippen molar-refractivity contribution in [2.24, 2.45) is 5.92 Å². The Hall–Kier alpha value is -1.58. The fourth-order valence-corrected chi connectivity index (χ4v) is 1.96. The number of methoxy groups -OCH3 is 1. The van der Waals surface area contributed by atoms with Crippen molar-refractivity contribution in [2.45, 2.75) is 12.8 Å². The molecular weight excluding hydrogens is 204 g/mol. The molecule has 1 fully saturated rings. The van der Waals surface area contributed by atoms with E-state index < -0.39 is 0 Å². The van der Waals surface area contributed by atoms with Gasteiger partial charge in [0.1, 0.15) is 17.9 Å². The molecule has 1 aliphatic heterocycles. The van der Waals surface area contributed by atoms with Crippen LogP contribution in [0.3, 0.4) is 0 Å². The van der Waals surface area contributed by atoms with Crippen LogP contribution in [0, 0.1) is 5.92 Å². The van der Waals surface area contributed by atoms with E-state index >= 15 is 0 Å². The van der Waals surface area contributed by atoms with Gasteiger partial charge >= 0.3 is 0 Å². The summed E-state index contributed by atoms with van der Waals surface area (Å²) in [5, 5.41) is 0. The summed E-state index contributed by atoms with van der Waals surface area (Å²) in [4.78, 5) is 17.2. The molecule has 2 rings (SSSR count). The van der Waals surface area contributed by atoms with Crippen LogP contribution in [0.15, 0.2) is 18.3 Å². The monoisotopic (exact) mass is 220 g/mol. The molecule has 4 heteroatoms. The molecule has 16 heavy (non-hydrogen) atoms. The first kappa shape index (κ1) is 10.9. The Kier molecular flexibility index (Phi) is 3.39. The van der Waals surface area contributed by atoms with E-state index in [2.05, 4.69) is 9.88 Å². The van der Waals surface area contributed by atoms with Gasteiger partial charge in [0, 0.05) is 31.3 Å². The predicted octanol–water partition coefficient (Wildman–Crippen LogP) is 1.51. The predicted molar refractivity (Wildman–Crippen MR) is 61.8 cm³/mol. The lowest BCUT2D eigenvalue weighted by molar-refractivity contribution is -0.111. The number of pyridine rings is 1. The van der Waals surface area contributed by atoms with Crippen molar-refractivity contribution in [3.05, 3.63) is 18.3 Å². The van der Waals surface area contributed by atoms with Crippen LogP contribution in [0.4, 0.5) is 5.82 Å². The summed E-state index contributed by atoms with van der Waals surface area (Å²) in [5.74, 6) is 1.98. The van der Waals surface area contributed by atoms with Crippen molar-refractivity contribution in [3.63, 3.8) is 0 Å². The van der Waals surface area contributed by atoms with Gasteiger partial charge in [-0.25, -0.2) is 4.98 Å². The van der Waals surface area contributed by atoms with Crippen molar-refractivity contribution in [2.75, 3.05) is 25.1 Å². The third kappa shape index (κ3) is 2.32. The van der Waals surface area contributed by atoms with E-state index in [-0.39, 0.29) is 5.92 Å². The van der Waals surface area contributed by atoms with Crippen LogP contribution in [-0.2, 0) is 4.79 Å². The second-order valence-electron chi connectivity index (χ2n) is 4.01. The standard InChI is InChI=1S/C12H16N2O2/c1-16-11-2-5-13-12(8-11)14-6-3-10(9-15)4-7-14/h2,5,8-10H,3-4,6-7H2,1H3. The Morgan fingerprint density at radius 3 is 2.88 bits per heavy atom. The molecule has 0 amide bonds. The lowest BCUT2D eigenvalue weighted by Crippen LogP contribution is -2.34. The van der Waals surface area contributed by atoms with Gasteiger partial charge in [-0.15, -0.1) is 0 Å². The molecule has 0 unspecified atom stereocenters. The van der Waals surface area contributed by atoms with E-state index in [0.717, 1.165) is 43.8 Å². The molecule has 0 bridgehead atoms. The quantitative estimate of drug-likeness (QED) is 0.724. The van der Waals surface area contributed by atoms with Gasteiger partial charge in [0.2, 0.25) is 0 Å². The number of carbonyl (C=O) groups is 1. The second kappa shape index (κ2) is 4.96. The molecule has 0 saturated carbocycles. The number of hydrogen-bond acceptors (Lipinski definition) is 4. The Morgan fingerprint density at radius 1 is 1.50 bits per heavy atom. The minimum Gasteiger partial charge on any atom is -0.497 e. The van der Waals surface area contributed by atoms with E-state index in [1.165, 1.54) is 0 Å². The Labute approximate surface area is 95.2 Å². The number of nitrogens with zero attached hydrogens (tertiary/aromatic N) is 2. The maximum absolute atomic E-state index is 10.6. The van der Waals surface area contributed by atoms with Gasteiger partial charge in [-0.05, 0) is 18.9 Å². The number of rotatable bonds is 3. The van der Waals surface area contributed by atoms with Crippen molar-refractivity contribution >= 4 is 12.1 Å². The number of ether oxygens (including phenoxy) is 1. The van der Waals surface area contributed by atoms with Crippen LogP contribution in [0.25, 0.3) is 0 Å². The molecule has 2 heterocycles. The van der Waals surface area contributed by atoms with Gasteiger partial charge in [0.15, 0.2) is 0 Å². The van der Waals surface area contributed by atoms with Crippen molar-refractivity contribution < 1.29 is 9.53 Å². The Balaban J connectivity index is 2.04. The number of piperidine rings is 1. The molecular formula is C12H16N2O2. The lowest BCUT2D eigenvalue weighted by Gasteiger charge is -2.30. The highest BCUT2D eigenvalue weighted by molar-refractivity contribution is 5.55. The zero-order chi connectivity index (χ0) is 11.4. The summed E-state index contributed by atoms with van der Waals surface area (Å²) in [6, 6.07) is 3.77. The Bertz CT molecular complexity index is 360. The molecule has 0 spiro atoms. The Morgan fingerprint density at radius 2 is 2.25 bits per heavy atom. The van der Waals surface area contributed by atoms with Crippen LogP contribution >= 0.6 is 0 Å². The van der Waals surface area contributed by atoms with E-state index in [1.54, 1.807) is 13.3 Å². The van der Waals surface area contributed by atoms with Crippen LogP contribution in [0.2, 0.25) is 0 Å². The summed E-state index contributed by atoms with van der Waals surface area (Å²) >= 11 is 0. The molecule has 1 saturated heterocycles. The highest BCUT2D eigenvalue weighted by atomic mass is 16.5. The van der Waals surface area contributed by atoms with Gasteiger partial charge < -0.3 is 14.4 Å². The summed E-state index contributed by atoms with van der Waals surface area (Å²) < 4.78 is 5.17. The molecule has 1 aromatic rings. The molecule has 1 aliphatic rings. The number of aromatic nitrogens is 1. The minimum atomic E-state index is 0.224. The second-order valence-corrected chi connectivity index (χ2v) is 4.01. The normalized spacial score (nSPS) is 17.2. The molecule has 0 radical (unpaired) electrons. The summed E-state index contributed by atoms with van der Waals surface area (Å²) in [5.41, 5.74) is 0. The smallest absolute Gasteiger partial charge is 0.132 e. The molecule has 1 aromatic heterocycles. The number of anilines is 1. The fraction of sp³-hybridized carbons (Fsp3) is 0.500. The van der Waals surface area contributed by atoms with Gasteiger partial charge in [-0.1, -0.05) is 0 Å². The molecule has 4 nitrogen and oxygen atoms in total. The zero-order valence-corrected chi connectivity index (χ0v) is 9.43. The third-order valence-corrected chi connectivity index (χ3v) is 3.01. The maximum atomic E-state index is 10.6. The van der Waals surface area contributed by atoms with E-state index in [1.807, 2.05) is 12.1 Å². The van der Waals surface area contributed by atoms with Crippen LogP contribution < -0.4 is 9.64 Å². The van der Waals surface area contributed by atoms with Crippen molar-refractivity contribution in [1.29, 1.82) is 0 Å². The molecule has 0 N–H and O–H groups in total. The van der Waals surface area contributed by atoms with Crippen LogP contribution in [0.1, 0.15) is 12.8 Å². The van der Waals surface area contributed by atoms with Crippen LogP contribution in [-0.4, -0.2) is 31.5 Å². The summed E-state index contributed by atoms with van der Waals surface area (Å²) in [6.07, 6.45) is 4.65. The van der Waals surface area contributed by atoms with E-state index in [9.17, 15) is 4.79 Å². The largest absolute Gasteiger partial charge is 0.497 e. The lowest BCUT2D eigenvalue weighted by atomic mass is 9.99. The van der Waals surface area contributed by atoms with Gasteiger partial charge in [0.25, 0.3) is 0 Å². The fourth-order valence-electron chi connectivity index (χ4n) is 1.96. The van der Waals surface area contributed by atoms with Gasteiger partial charge in [-0.2, -0.15) is 0 Å². The summed E-state index contributed by atoms with van der Waals surface area (Å²) in [6.45, 7) is 1.78. The number of aldehydes is 1. The van der Waals surface area contributed by atoms with E-state index in [0.29, 0.717) is 0 Å². The molecule has 86 valence electrons. The molecule has 0 aliphatic carbocycles. The first-order valence-electron chi connectivity index (χ1n) is 5.54. The maximum Gasteiger partial charge on any atom is 0.132 e. The highest BCUT2D eigenvalue weighted by Gasteiger charge is 2.19.